The highest BCUT2D eigenvalue weighted by Crippen LogP contribution is 2.34. The highest BCUT2D eigenvalue weighted by molar-refractivity contribution is 7.98. The van der Waals surface area contributed by atoms with Crippen LogP contribution >= 0.6 is 11.8 Å². The smallest absolute Gasteiger partial charge is 0.148 e. The molecule has 0 amide bonds. The number of aromatic nitrogens is 1. The second-order valence-corrected chi connectivity index (χ2v) is 8.24. The zero-order valence-corrected chi connectivity index (χ0v) is 19.1. The van der Waals surface area contributed by atoms with Crippen LogP contribution in [0.15, 0.2) is 29.3 Å². The number of pyridine rings is 1. The first kappa shape index (κ1) is 22.9. The molecule has 0 bridgehead atoms. The van der Waals surface area contributed by atoms with Gasteiger partial charge in [0.1, 0.15) is 23.0 Å². The second-order valence-electron chi connectivity index (χ2n) is 7.28. The Kier molecular flexibility index (Phi) is 8.13. The van der Waals surface area contributed by atoms with Crippen molar-refractivity contribution in [3.63, 3.8) is 0 Å². The van der Waals surface area contributed by atoms with E-state index >= 15 is 0 Å². The fourth-order valence-electron chi connectivity index (χ4n) is 3.70. The minimum atomic E-state index is 0.0367. The molecule has 1 saturated heterocycles. The number of hydrogen-bond acceptors (Lipinski definition) is 8. The third kappa shape index (κ3) is 5.29. The van der Waals surface area contributed by atoms with E-state index in [1.165, 1.54) is 0 Å². The van der Waals surface area contributed by atoms with Crippen LogP contribution < -0.4 is 15.5 Å². The van der Waals surface area contributed by atoms with Crippen LogP contribution in [0.2, 0.25) is 0 Å². The van der Waals surface area contributed by atoms with E-state index < -0.39 is 0 Å². The Morgan fingerprint density at radius 2 is 1.94 bits per heavy atom. The summed E-state index contributed by atoms with van der Waals surface area (Å²) in [6.07, 6.45) is 0.644. The summed E-state index contributed by atoms with van der Waals surface area (Å²) < 4.78 is 5.82. The fourth-order valence-corrected chi connectivity index (χ4v) is 4.66. The van der Waals surface area contributed by atoms with Gasteiger partial charge in [-0.3, -0.25) is 0 Å². The van der Waals surface area contributed by atoms with E-state index in [0.717, 1.165) is 23.4 Å². The van der Waals surface area contributed by atoms with Crippen LogP contribution in [0, 0.1) is 22.7 Å². The zero-order valence-electron chi connectivity index (χ0n) is 18.2. The number of likely N-dealkylation sites (N-methyl/N-ethyl adjacent to an activating group) is 1. The average Bonchev–Trinajstić information content (AvgIpc) is 2.82. The normalized spacial score (nSPS) is 15.9. The molecule has 3 rings (SSSR count). The van der Waals surface area contributed by atoms with E-state index in [1.807, 2.05) is 33.2 Å². The number of hydrogen-bond donors (Lipinski definition) is 2. The maximum absolute atomic E-state index is 9.92. The van der Waals surface area contributed by atoms with Crippen molar-refractivity contribution in [3.8, 4) is 12.1 Å². The van der Waals surface area contributed by atoms with Crippen molar-refractivity contribution < 1.29 is 4.74 Å². The van der Waals surface area contributed by atoms with Crippen molar-refractivity contribution in [3.05, 3.63) is 46.5 Å². The van der Waals surface area contributed by atoms with Crippen LogP contribution in [-0.4, -0.2) is 51.4 Å². The van der Waals surface area contributed by atoms with Crippen LogP contribution in [0.5, 0.6) is 0 Å². The first-order valence-corrected chi connectivity index (χ1v) is 11.4. The summed E-state index contributed by atoms with van der Waals surface area (Å²) in [4.78, 5) is 6.97. The number of ether oxygens (including phenoxy) is 1. The zero-order chi connectivity index (χ0) is 22.2. The molecule has 1 aliphatic rings. The number of morpholine rings is 1. The molecule has 8 heteroatoms. The van der Waals surface area contributed by atoms with Gasteiger partial charge >= 0.3 is 0 Å². The number of nitriles is 2. The molecule has 1 aromatic carbocycles. The molecule has 162 valence electrons. The minimum absolute atomic E-state index is 0.0367. The van der Waals surface area contributed by atoms with E-state index in [1.54, 1.807) is 11.8 Å². The Hall–Kier alpha value is -2.78. The van der Waals surface area contributed by atoms with E-state index in [2.05, 4.69) is 39.8 Å². The van der Waals surface area contributed by atoms with Gasteiger partial charge in [0.15, 0.2) is 0 Å². The van der Waals surface area contributed by atoms with Crippen molar-refractivity contribution >= 4 is 23.3 Å². The number of thioether (sulfide) groups is 1. The molecule has 31 heavy (non-hydrogen) atoms. The monoisotopic (exact) mass is 436 g/mol. The van der Waals surface area contributed by atoms with Crippen molar-refractivity contribution in [1.29, 1.82) is 10.5 Å². The molecule has 1 fully saturated rings. The quantitative estimate of drug-likeness (QED) is 0.609. The summed E-state index contributed by atoms with van der Waals surface area (Å²) in [5.74, 6) is 1.36. The molecule has 0 spiro atoms. The summed E-state index contributed by atoms with van der Waals surface area (Å²) >= 11 is 1.54. The second kappa shape index (κ2) is 11.0. The summed E-state index contributed by atoms with van der Waals surface area (Å²) in [6.45, 7) is 4.63. The third-order valence-corrected chi connectivity index (χ3v) is 6.36. The fraction of sp³-hybridized carbons (Fsp3) is 0.435. The Balaban J connectivity index is 1.95. The Labute approximate surface area is 188 Å². The average molecular weight is 437 g/mol. The number of rotatable bonds is 8. The van der Waals surface area contributed by atoms with Crippen molar-refractivity contribution in [2.24, 2.45) is 0 Å². The molecule has 1 aliphatic heterocycles. The van der Waals surface area contributed by atoms with Gasteiger partial charge in [-0.1, -0.05) is 19.1 Å². The van der Waals surface area contributed by atoms with Crippen molar-refractivity contribution in [2.45, 2.75) is 30.2 Å². The van der Waals surface area contributed by atoms with Gasteiger partial charge in [-0.05, 0) is 36.7 Å². The number of nitrogens with zero attached hydrogens (tertiary/aromatic N) is 4. The molecular weight excluding hydrogens is 408 g/mol. The predicted molar refractivity (Wildman–Crippen MR) is 124 cm³/mol. The van der Waals surface area contributed by atoms with Gasteiger partial charge in [0.2, 0.25) is 0 Å². The number of benzene rings is 1. The van der Waals surface area contributed by atoms with Gasteiger partial charge in [-0.2, -0.15) is 10.5 Å². The molecule has 0 saturated carbocycles. The predicted octanol–water partition coefficient (Wildman–Crippen LogP) is 3.15. The molecule has 2 N–H and O–H groups in total. The Morgan fingerprint density at radius 1 is 1.19 bits per heavy atom. The van der Waals surface area contributed by atoms with Gasteiger partial charge in [-0.15, -0.1) is 11.8 Å². The van der Waals surface area contributed by atoms with E-state index in [-0.39, 0.29) is 6.10 Å². The van der Waals surface area contributed by atoms with Crippen LogP contribution in [0.25, 0.3) is 0 Å². The number of anilines is 2. The third-order valence-electron chi connectivity index (χ3n) is 5.31. The molecule has 2 aromatic rings. The highest BCUT2D eigenvalue weighted by atomic mass is 32.2. The summed E-state index contributed by atoms with van der Waals surface area (Å²) in [5, 5.41) is 26.7. The lowest BCUT2D eigenvalue weighted by Crippen LogP contribution is -2.47. The van der Waals surface area contributed by atoms with Crippen LogP contribution in [0.4, 0.5) is 11.5 Å². The first-order valence-electron chi connectivity index (χ1n) is 10.4. The topological polar surface area (TPSA) is 97.0 Å². The van der Waals surface area contributed by atoms with Gasteiger partial charge in [0, 0.05) is 38.1 Å². The van der Waals surface area contributed by atoms with E-state index in [4.69, 9.17) is 9.72 Å². The molecular formula is C23H28N6OS. The first-order chi connectivity index (χ1) is 15.1. The number of nitrogens with one attached hydrogen (secondary N) is 2. The van der Waals surface area contributed by atoms with Gasteiger partial charge in [0.05, 0.1) is 23.8 Å². The highest BCUT2D eigenvalue weighted by Gasteiger charge is 2.27. The molecule has 1 unspecified atom stereocenters. The van der Waals surface area contributed by atoms with Crippen LogP contribution in [0.1, 0.15) is 29.2 Å². The maximum atomic E-state index is 9.92. The SMILES string of the molecule is CCc1c(C#N)c(SCc2ccc(NC)cc2)nc(N2CCOC(CNC)C2)c1C#N. The lowest BCUT2D eigenvalue weighted by Gasteiger charge is -2.34. The largest absolute Gasteiger partial charge is 0.388 e. The summed E-state index contributed by atoms with van der Waals surface area (Å²) in [7, 11) is 3.79. The Bertz CT molecular complexity index is 978. The standard InChI is InChI=1S/C23H28N6OS/c1-4-19-20(11-24)22(29-9-10-30-18(14-29)13-26-2)28-23(21(19)12-25)31-15-16-5-7-17(27-3)8-6-16/h5-8,18,26-27H,4,9-10,13-15H2,1-3H3. The van der Waals surface area contributed by atoms with Gasteiger partial charge in [0.25, 0.3) is 0 Å². The summed E-state index contributed by atoms with van der Waals surface area (Å²) in [5.41, 5.74) is 4.01. The molecule has 0 aliphatic carbocycles. The van der Waals surface area contributed by atoms with Gasteiger partial charge < -0.3 is 20.3 Å². The van der Waals surface area contributed by atoms with Crippen LogP contribution in [-0.2, 0) is 16.9 Å². The molecule has 7 nitrogen and oxygen atoms in total. The molecule has 0 radical (unpaired) electrons. The lowest BCUT2D eigenvalue weighted by atomic mass is 10.0. The molecule has 2 heterocycles. The van der Waals surface area contributed by atoms with E-state index in [9.17, 15) is 10.5 Å². The molecule has 1 aromatic heterocycles. The molecule has 1 atom stereocenters. The van der Waals surface area contributed by atoms with Gasteiger partial charge in [-0.25, -0.2) is 4.98 Å². The van der Waals surface area contributed by atoms with E-state index in [0.29, 0.717) is 53.8 Å². The summed E-state index contributed by atoms with van der Waals surface area (Å²) in [6, 6.07) is 12.8. The lowest BCUT2D eigenvalue weighted by molar-refractivity contribution is 0.0418. The van der Waals surface area contributed by atoms with Crippen molar-refractivity contribution in [2.75, 3.05) is 50.6 Å². The van der Waals surface area contributed by atoms with Crippen LogP contribution in [0.3, 0.4) is 0 Å². The van der Waals surface area contributed by atoms with Crippen molar-refractivity contribution in [1.82, 2.24) is 10.3 Å². The Morgan fingerprint density at radius 3 is 2.55 bits per heavy atom. The maximum Gasteiger partial charge on any atom is 0.148 e. The minimum Gasteiger partial charge on any atom is -0.388 e.